The largest absolute Gasteiger partial charge is 0.488 e. The van der Waals surface area contributed by atoms with E-state index in [1.807, 2.05) is 18.2 Å². The Balaban J connectivity index is 1.61. The normalized spacial score (nSPS) is 31.9. The maximum Gasteiger partial charge on any atom is 0.405 e. The number of amides is 1. The molecule has 0 aromatic heterocycles. The summed E-state index contributed by atoms with van der Waals surface area (Å²) in [5.74, 6) is 1.63. The van der Waals surface area contributed by atoms with E-state index in [0.717, 1.165) is 30.0 Å². The summed E-state index contributed by atoms with van der Waals surface area (Å²) in [6.45, 7) is 3.48. The number of carbonyl (C=O) groups is 1. The van der Waals surface area contributed by atoms with Gasteiger partial charge in [0.2, 0.25) is 0 Å². The second kappa shape index (κ2) is 6.16. The van der Waals surface area contributed by atoms with Crippen molar-refractivity contribution in [1.82, 2.24) is 5.32 Å². The van der Waals surface area contributed by atoms with E-state index in [2.05, 4.69) is 17.6 Å². The maximum atomic E-state index is 11.3. The molecule has 1 aromatic carbocycles. The first-order chi connectivity index (χ1) is 11.6. The highest BCUT2D eigenvalue weighted by Gasteiger charge is 2.42. The summed E-state index contributed by atoms with van der Waals surface area (Å²) in [4.78, 5) is 11.3. The minimum atomic E-state index is -0.982. The number of anilines is 1. The van der Waals surface area contributed by atoms with Crippen LogP contribution in [0.25, 0.3) is 0 Å². The molecule has 1 saturated carbocycles. The van der Waals surface area contributed by atoms with Crippen LogP contribution >= 0.6 is 0 Å². The van der Waals surface area contributed by atoms with Gasteiger partial charge in [-0.25, -0.2) is 4.79 Å². The highest BCUT2D eigenvalue weighted by molar-refractivity contribution is 5.68. The number of fused-ring (bicyclic) bond motifs is 1. The number of ether oxygens (including phenoxy) is 2. The fourth-order valence-corrected chi connectivity index (χ4v) is 3.95. The third-order valence-corrected chi connectivity index (χ3v) is 5.37. The Morgan fingerprint density at radius 1 is 1.38 bits per heavy atom. The topological polar surface area (TPSA) is 79.8 Å². The zero-order valence-electron chi connectivity index (χ0n) is 13.8. The lowest BCUT2D eigenvalue weighted by Crippen LogP contribution is -2.44. The predicted octanol–water partition coefficient (Wildman–Crippen LogP) is 3.00. The summed E-state index contributed by atoms with van der Waals surface area (Å²) < 4.78 is 11.3. The molecule has 1 aromatic rings. The van der Waals surface area contributed by atoms with Gasteiger partial charge in [0.1, 0.15) is 11.9 Å². The molecule has 24 heavy (non-hydrogen) atoms. The average molecular weight is 332 g/mol. The Morgan fingerprint density at radius 2 is 2.21 bits per heavy atom. The van der Waals surface area contributed by atoms with Crippen LogP contribution in [0.15, 0.2) is 18.2 Å². The first-order valence-corrected chi connectivity index (χ1v) is 8.76. The van der Waals surface area contributed by atoms with Crippen LogP contribution in [0, 0.1) is 11.8 Å². The minimum Gasteiger partial charge on any atom is -0.488 e. The zero-order chi connectivity index (χ0) is 16.7. The van der Waals surface area contributed by atoms with Crippen molar-refractivity contribution in [3.05, 3.63) is 23.8 Å². The van der Waals surface area contributed by atoms with Crippen LogP contribution in [-0.4, -0.2) is 36.6 Å². The zero-order valence-corrected chi connectivity index (χ0v) is 13.8. The van der Waals surface area contributed by atoms with Crippen molar-refractivity contribution in [2.24, 2.45) is 11.8 Å². The highest BCUT2D eigenvalue weighted by Crippen LogP contribution is 2.46. The molecule has 0 radical (unpaired) electrons. The second-order valence-electron chi connectivity index (χ2n) is 7.15. The molecule has 130 valence electrons. The monoisotopic (exact) mass is 332 g/mol. The van der Waals surface area contributed by atoms with Gasteiger partial charge in [-0.05, 0) is 37.0 Å². The smallest absolute Gasteiger partial charge is 0.405 e. The Hall–Kier alpha value is -1.95. The van der Waals surface area contributed by atoms with E-state index in [1.54, 1.807) is 0 Å². The van der Waals surface area contributed by atoms with Gasteiger partial charge in [-0.2, -0.15) is 0 Å². The van der Waals surface area contributed by atoms with Crippen molar-refractivity contribution < 1.29 is 19.4 Å². The van der Waals surface area contributed by atoms with Gasteiger partial charge in [0.25, 0.3) is 0 Å². The van der Waals surface area contributed by atoms with Crippen molar-refractivity contribution in [1.29, 1.82) is 0 Å². The van der Waals surface area contributed by atoms with Gasteiger partial charge in [-0.3, -0.25) is 0 Å². The quantitative estimate of drug-likeness (QED) is 0.790. The molecule has 6 nitrogen and oxygen atoms in total. The van der Waals surface area contributed by atoms with E-state index in [1.165, 1.54) is 12.8 Å². The molecule has 1 amide bonds. The Kier molecular flexibility index (Phi) is 4.00. The molecule has 4 rings (SSSR count). The molecule has 2 heterocycles. The average Bonchev–Trinajstić information content (AvgIpc) is 3.27. The molecule has 2 aliphatic heterocycles. The van der Waals surface area contributed by atoms with E-state index < -0.39 is 6.09 Å². The van der Waals surface area contributed by atoms with Crippen LogP contribution in [0.3, 0.4) is 0 Å². The fourth-order valence-electron chi connectivity index (χ4n) is 3.95. The summed E-state index contributed by atoms with van der Waals surface area (Å²) in [6.07, 6.45) is 2.44. The maximum absolute atomic E-state index is 11.3. The first kappa shape index (κ1) is 15.6. The van der Waals surface area contributed by atoms with Gasteiger partial charge in [0.15, 0.2) is 0 Å². The van der Waals surface area contributed by atoms with Gasteiger partial charge < -0.3 is 25.2 Å². The Labute approximate surface area is 141 Å². The lowest BCUT2D eigenvalue weighted by Gasteiger charge is -2.39. The van der Waals surface area contributed by atoms with Gasteiger partial charge in [0.05, 0.1) is 19.3 Å². The minimum absolute atomic E-state index is 0.0853. The molecule has 1 saturated heterocycles. The summed E-state index contributed by atoms with van der Waals surface area (Å²) in [7, 11) is 0. The summed E-state index contributed by atoms with van der Waals surface area (Å²) in [5.41, 5.74) is 1.98. The van der Waals surface area contributed by atoms with E-state index >= 15 is 0 Å². The van der Waals surface area contributed by atoms with Crippen molar-refractivity contribution >= 4 is 11.8 Å². The molecule has 1 aliphatic carbocycles. The van der Waals surface area contributed by atoms with E-state index in [-0.39, 0.29) is 18.1 Å². The van der Waals surface area contributed by atoms with Gasteiger partial charge >= 0.3 is 6.09 Å². The number of rotatable bonds is 4. The van der Waals surface area contributed by atoms with Crippen LogP contribution in [0.1, 0.15) is 37.8 Å². The molecular formula is C18H24N2O4. The number of hydrogen-bond donors (Lipinski definition) is 3. The second-order valence-corrected chi connectivity index (χ2v) is 7.15. The number of carboxylic acid groups (broad SMARTS) is 1. The van der Waals surface area contributed by atoms with Crippen LogP contribution in [-0.2, 0) is 4.74 Å². The molecule has 0 spiro atoms. The van der Waals surface area contributed by atoms with Crippen molar-refractivity contribution in [2.45, 2.75) is 44.4 Å². The van der Waals surface area contributed by atoms with E-state index in [9.17, 15) is 9.90 Å². The lowest BCUT2D eigenvalue weighted by atomic mass is 9.81. The van der Waals surface area contributed by atoms with Crippen LogP contribution in [0.2, 0.25) is 0 Å². The first-order valence-electron chi connectivity index (χ1n) is 8.76. The molecule has 2 fully saturated rings. The Morgan fingerprint density at radius 3 is 2.88 bits per heavy atom. The molecule has 3 N–H and O–H groups in total. The molecule has 1 unspecified atom stereocenters. The van der Waals surface area contributed by atoms with Crippen LogP contribution in [0.5, 0.6) is 5.75 Å². The van der Waals surface area contributed by atoms with E-state index in [0.29, 0.717) is 18.6 Å². The molecule has 3 aliphatic rings. The number of benzene rings is 1. The lowest BCUT2D eigenvalue weighted by molar-refractivity contribution is 0.141. The summed E-state index contributed by atoms with van der Waals surface area (Å²) in [6, 6.07) is 6.05. The Bertz CT molecular complexity index is 625. The number of nitrogens with one attached hydrogen (secondary N) is 2. The molecule has 4 atom stereocenters. The third-order valence-electron chi connectivity index (χ3n) is 5.37. The SMILES string of the molecule is C[C@@H]1[C@@H](NC(=O)O)c2cc(OC3CCOC3)ccc2N[C@H]1C1CC1. The summed E-state index contributed by atoms with van der Waals surface area (Å²) >= 11 is 0. The fraction of sp³-hybridized carbons (Fsp3) is 0.611. The summed E-state index contributed by atoms with van der Waals surface area (Å²) in [5, 5.41) is 15.6. The van der Waals surface area contributed by atoms with E-state index in [4.69, 9.17) is 9.47 Å². The predicted molar refractivity (Wildman–Crippen MR) is 89.5 cm³/mol. The van der Waals surface area contributed by atoms with Crippen molar-refractivity contribution in [2.75, 3.05) is 18.5 Å². The van der Waals surface area contributed by atoms with Gasteiger partial charge in [-0.1, -0.05) is 6.92 Å². The van der Waals surface area contributed by atoms with Crippen molar-refractivity contribution in [3.63, 3.8) is 0 Å². The third kappa shape index (κ3) is 3.02. The van der Waals surface area contributed by atoms with Gasteiger partial charge in [-0.15, -0.1) is 0 Å². The molecule has 0 bridgehead atoms. The number of hydrogen-bond acceptors (Lipinski definition) is 4. The van der Waals surface area contributed by atoms with Gasteiger partial charge in [0, 0.05) is 29.6 Å². The standard InChI is InChI=1S/C18H24N2O4/c1-10-16(11-2-3-11)19-15-5-4-12(24-13-6-7-23-9-13)8-14(15)17(10)20-18(21)22/h4-5,8,10-11,13,16-17,19-20H,2-3,6-7,9H2,1H3,(H,21,22)/t10-,13?,16+,17+/m0/s1. The molecule has 6 heteroatoms. The van der Waals surface area contributed by atoms with Crippen LogP contribution in [0.4, 0.5) is 10.5 Å². The molecular weight excluding hydrogens is 308 g/mol. The van der Waals surface area contributed by atoms with Crippen LogP contribution < -0.4 is 15.4 Å². The van der Waals surface area contributed by atoms with Crippen molar-refractivity contribution in [3.8, 4) is 5.75 Å². The highest BCUT2D eigenvalue weighted by atomic mass is 16.5.